The van der Waals surface area contributed by atoms with Crippen LogP contribution in [0.2, 0.25) is 5.02 Å². The number of carbonyl (C=O) groups excluding carboxylic acids is 1. The Labute approximate surface area is 159 Å². The second kappa shape index (κ2) is 8.98. The molecule has 0 radical (unpaired) electrons. The lowest BCUT2D eigenvalue weighted by Crippen LogP contribution is -2.30. The molecule has 0 saturated carbocycles. The van der Waals surface area contributed by atoms with Crippen LogP contribution in [0, 0.1) is 0 Å². The Bertz CT molecular complexity index is 872. The van der Waals surface area contributed by atoms with Crippen molar-refractivity contribution in [3.8, 4) is 0 Å². The van der Waals surface area contributed by atoms with E-state index in [1.165, 1.54) is 10.4 Å². The van der Waals surface area contributed by atoms with Crippen molar-refractivity contribution in [1.82, 2.24) is 4.31 Å². The van der Waals surface area contributed by atoms with Gasteiger partial charge < -0.3 is 5.32 Å². The molecular weight excluding hydrogens is 372 g/mol. The van der Waals surface area contributed by atoms with Gasteiger partial charge in [0.1, 0.15) is 0 Å². The normalized spacial score (nSPS) is 11.8. The summed E-state index contributed by atoms with van der Waals surface area (Å²) in [6, 6.07) is 13.2. The molecule has 2 rings (SSSR count). The number of nitrogens with one attached hydrogen (secondary N) is 1. The summed E-state index contributed by atoms with van der Waals surface area (Å²) in [5.74, 6) is -0.285. The average molecular weight is 393 g/mol. The molecule has 1 N–H and O–H groups in total. The van der Waals surface area contributed by atoms with Crippen LogP contribution in [0.15, 0.2) is 59.5 Å². The zero-order valence-corrected chi connectivity index (χ0v) is 16.2. The molecular formula is C19H21ClN2O3S. The number of sulfonamides is 1. The van der Waals surface area contributed by atoms with E-state index in [-0.39, 0.29) is 10.8 Å². The van der Waals surface area contributed by atoms with E-state index in [0.29, 0.717) is 23.8 Å². The minimum absolute atomic E-state index is 0.240. The van der Waals surface area contributed by atoms with Gasteiger partial charge in [-0.15, -0.1) is 0 Å². The molecule has 2 aromatic carbocycles. The van der Waals surface area contributed by atoms with Crippen LogP contribution in [-0.2, 0) is 14.8 Å². The van der Waals surface area contributed by atoms with Gasteiger partial charge >= 0.3 is 0 Å². The Kier molecular flexibility index (Phi) is 6.97. The van der Waals surface area contributed by atoms with Crippen LogP contribution >= 0.6 is 11.6 Å². The van der Waals surface area contributed by atoms with Crippen molar-refractivity contribution >= 4 is 39.3 Å². The van der Waals surface area contributed by atoms with Gasteiger partial charge in [0, 0.05) is 29.9 Å². The molecule has 0 spiro atoms. The minimum Gasteiger partial charge on any atom is -0.323 e. The van der Waals surface area contributed by atoms with E-state index in [0.717, 1.165) is 5.56 Å². The SMILES string of the molecule is CCN(CC)S(=O)(=O)c1ccc(C=CC(=O)Nc2ccc(Cl)cc2)cc1. The number of halogens is 1. The Morgan fingerprint density at radius 1 is 1.04 bits per heavy atom. The number of anilines is 1. The van der Waals surface area contributed by atoms with Gasteiger partial charge in [0.15, 0.2) is 0 Å². The standard InChI is InChI=1S/C19H21ClN2O3S/c1-3-22(4-2)26(24,25)18-12-5-15(6-13-18)7-14-19(23)21-17-10-8-16(20)9-11-17/h5-14H,3-4H2,1-2H3,(H,21,23). The van der Waals surface area contributed by atoms with E-state index in [1.807, 2.05) is 0 Å². The maximum atomic E-state index is 12.4. The van der Waals surface area contributed by atoms with Crippen LogP contribution in [0.4, 0.5) is 5.69 Å². The summed E-state index contributed by atoms with van der Waals surface area (Å²) in [6.07, 6.45) is 3.02. The lowest BCUT2D eigenvalue weighted by atomic mass is 10.2. The molecule has 1 amide bonds. The fraction of sp³-hybridized carbons (Fsp3) is 0.211. The van der Waals surface area contributed by atoms with Gasteiger partial charge in [-0.05, 0) is 48.0 Å². The second-order valence-corrected chi connectivity index (χ2v) is 7.86. The van der Waals surface area contributed by atoms with Gasteiger partial charge in [-0.25, -0.2) is 8.42 Å². The van der Waals surface area contributed by atoms with E-state index in [9.17, 15) is 13.2 Å². The molecule has 5 nitrogen and oxygen atoms in total. The van der Waals surface area contributed by atoms with Crippen LogP contribution in [0.1, 0.15) is 19.4 Å². The second-order valence-electron chi connectivity index (χ2n) is 5.49. The summed E-state index contributed by atoms with van der Waals surface area (Å²) >= 11 is 5.80. The summed E-state index contributed by atoms with van der Waals surface area (Å²) in [5, 5.41) is 3.31. The van der Waals surface area contributed by atoms with Gasteiger partial charge in [-0.1, -0.05) is 37.6 Å². The van der Waals surface area contributed by atoms with Crippen molar-refractivity contribution in [3.63, 3.8) is 0 Å². The minimum atomic E-state index is -3.47. The molecule has 0 aliphatic carbocycles. The third-order valence-corrected chi connectivity index (χ3v) is 6.08. The van der Waals surface area contributed by atoms with Gasteiger partial charge in [0.05, 0.1) is 4.90 Å². The summed E-state index contributed by atoms with van der Waals surface area (Å²) in [4.78, 5) is 12.2. The van der Waals surface area contributed by atoms with Crippen molar-refractivity contribution in [3.05, 3.63) is 65.2 Å². The van der Waals surface area contributed by atoms with Crippen LogP contribution in [-0.4, -0.2) is 31.7 Å². The van der Waals surface area contributed by atoms with Crippen molar-refractivity contribution in [2.75, 3.05) is 18.4 Å². The Morgan fingerprint density at radius 3 is 2.15 bits per heavy atom. The third kappa shape index (κ3) is 5.17. The van der Waals surface area contributed by atoms with Crippen molar-refractivity contribution in [1.29, 1.82) is 0 Å². The number of carbonyl (C=O) groups is 1. The van der Waals surface area contributed by atoms with Crippen molar-refractivity contribution in [2.24, 2.45) is 0 Å². The molecule has 0 fully saturated rings. The Balaban J connectivity index is 2.05. The quantitative estimate of drug-likeness (QED) is 0.723. The highest BCUT2D eigenvalue weighted by Crippen LogP contribution is 2.17. The van der Waals surface area contributed by atoms with Gasteiger partial charge in [0.25, 0.3) is 0 Å². The zero-order chi connectivity index (χ0) is 19.2. The first kappa shape index (κ1) is 20.2. The van der Waals surface area contributed by atoms with E-state index in [2.05, 4.69) is 5.32 Å². The molecule has 138 valence electrons. The van der Waals surface area contributed by atoms with Crippen molar-refractivity contribution < 1.29 is 13.2 Å². The highest BCUT2D eigenvalue weighted by Gasteiger charge is 2.20. The Hall–Kier alpha value is -2.15. The van der Waals surface area contributed by atoms with E-state index in [1.54, 1.807) is 68.5 Å². The first-order chi connectivity index (χ1) is 12.4. The highest BCUT2D eigenvalue weighted by molar-refractivity contribution is 7.89. The molecule has 0 aromatic heterocycles. The highest BCUT2D eigenvalue weighted by atomic mass is 35.5. The van der Waals surface area contributed by atoms with Crippen LogP contribution in [0.3, 0.4) is 0 Å². The molecule has 0 saturated heterocycles. The maximum absolute atomic E-state index is 12.4. The monoisotopic (exact) mass is 392 g/mol. The number of benzene rings is 2. The van der Waals surface area contributed by atoms with E-state index < -0.39 is 10.0 Å². The topological polar surface area (TPSA) is 66.5 Å². The average Bonchev–Trinajstić information content (AvgIpc) is 2.63. The first-order valence-electron chi connectivity index (χ1n) is 8.21. The molecule has 26 heavy (non-hydrogen) atoms. The number of amides is 1. The predicted octanol–water partition coefficient (Wildman–Crippen LogP) is 4.02. The van der Waals surface area contributed by atoms with Crippen LogP contribution in [0.5, 0.6) is 0 Å². The molecule has 0 bridgehead atoms. The molecule has 0 heterocycles. The largest absolute Gasteiger partial charge is 0.323 e. The molecule has 0 atom stereocenters. The molecule has 0 aliphatic heterocycles. The number of hydrogen-bond acceptors (Lipinski definition) is 3. The lowest BCUT2D eigenvalue weighted by Gasteiger charge is -2.18. The summed E-state index contributed by atoms with van der Waals surface area (Å²) in [6.45, 7) is 4.45. The molecule has 7 heteroatoms. The van der Waals surface area contributed by atoms with E-state index in [4.69, 9.17) is 11.6 Å². The zero-order valence-electron chi connectivity index (χ0n) is 14.6. The van der Waals surface area contributed by atoms with Crippen molar-refractivity contribution in [2.45, 2.75) is 18.7 Å². The van der Waals surface area contributed by atoms with Gasteiger partial charge in [-0.2, -0.15) is 4.31 Å². The fourth-order valence-corrected chi connectivity index (χ4v) is 3.94. The molecule has 0 unspecified atom stereocenters. The van der Waals surface area contributed by atoms with Gasteiger partial charge in [0.2, 0.25) is 15.9 Å². The predicted molar refractivity (Wildman–Crippen MR) is 106 cm³/mol. The fourth-order valence-electron chi connectivity index (χ4n) is 2.35. The summed E-state index contributed by atoms with van der Waals surface area (Å²) in [7, 11) is -3.47. The number of nitrogens with zero attached hydrogens (tertiary/aromatic N) is 1. The molecule has 2 aromatic rings. The Morgan fingerprint density at radius 2 is 1.62 bits per heavy atom. The van der Waals surface area contributed by atoms with Crippen LogP contribution < -0.4 is 5.32 Å². The number of rotatable bonds is 7. The number of hydrogen-bond donors (Lipinski definition) is 1. The summed E-state index contributed by atoms with van der Waals surface area (Å²) < 4.78 is 26.3. The van der Waals surface area contributed by atoms with Gasteiger partial charge in [-0.3, -0.25) is 4.79 Å². The summed E-state index contributed by atoms with van der Waals surface area (Å²) in [5.41, 5.74) is 1.37. The van der Waals surface area contributed by atoms with Crippen LogP contribution in [0.25, 0.3) is 6.08 Å². The third-order valence-electron chi connectivity index (χ3n) is 3.76. The smallest absolute Gasteiger partial charge is 0.248 e. The lowest BCUT2D eigenvalue weighted by molar-refractivity contribution is -0.111. The van der Waals surface area contributed by atoms with E-state index >= 15 is 0 Å². The maximum Gasteiger partial charge on any atom is 0.248 e. The first-order valence-corrected chi connectivity index (χ1v) is 10.0. The molecule has 0 aliphatic rings.